The summed E-state index contributed by atoms with van der Waals surface area (Å²) in [7, 11) is -0.200. The molecule has 0 bridgehead atoms. The second-order valence-electron chi connectivity index (χ2n) is 21.8. The fraction of sp³-hybridized carbons (Fsp3) is 0.464. The molecule has 2 fully saturated rings. The summed E-state index contributed by atoms with van der Waals surface area (Å²) < 4.78 is 66.2. The number of fused-ring (bicyclic) bond motifs is 1. The number of unbranched alkanes of at least 4 members (excludes halogenated alkanes) is 2. The average molecular weight is 1330 g/mol. The number of ether oxygens (including phenoxy) is 3. The van der Waals surface area contributed by atoms with Gasteiger partial charge in [-0.05, 0) is 73.8 Å². The zero-order valence-electron chi connectivity index (χ0n) is 49.3. The highest BCUT2D eigenvalue weighted by Gasteiger charge is 2.50. The molecular weight excluding hydrogens is 1250 g/mol. The number of thiol groups is 2. The first-order valence-corrected chi connectivity index (χ1v) is 32.6. The van der Waals surface area contributed by atoms with Gasteiger partial charge in [-0.25, -0.2) is 24.3 Å². The van der Waals surface area contributed by atoms with Gasteiger partial charge in [0.15, 0.2) is 26.1 Å². The van der Waals surface area contributed by atoms with Crippen LogP contribution in [0.4, 0.5) is 16.4 Å². The van der Waals surface area contributed by atoms with E-state index in [0.717, 1.165) is 4.90 Å². The third kappa shape index (κ3) is 18.6. The average Bonchev–Trinajstić information content (AvgIpc) is 1.79. The largest absolute Gasteiger partial charge is 0.474 e. The lowest BCUT2D eigenvalue weighted by atomic mass is 10.0. The number of amides is 7. The van der Waals surface area contributed by atoms with E-state index < -0.39 is 87.6 Å². The summed E-state index contributed by atoms with van der Waals surface area (Å²) in [5.41, 5.74) is 0.977. The van der Waals surface area contributed by atoms with E-state index in [4.69, 9.17) is 32.0 Å². The summed E-state index contributed by atoms with van der Waals surface area (Å²) in [5, 5.41) is 22.2. The second-order valence-corrected chi connectivity index (χ2v) is 25.4. The van der Waals surface area contributed by atoms with Crippen LogP contribution in [0.3, 0.4) is 0 Å². The predicted octanol–water partition coefficient (Wildman–Crippen LogP) is 4.40. The van der Waals surface area contributed by atoms with E-state index in [1.165, 1.54) is 54.4 Å². The fourth-order valence-corrected chi connectivity index (χ4v) is 12.1. The first-order valence-electron chi connectivity index (χ1n) is 28.6. The summed E-state index contributed by atoms with van der Waals surface area (Å²) in [6.45, 7) is 0.251. The number of benzene rings is 2. The maximum Gasteiger partial charge on any atom is 0.410 e. The van der Waals surface area contributed by atoms with Crippen LogP contribution in [-0.4, -0.2) is 155 Å². The predicted molar refractivity (Wildman–Crippen MR) is 329 cm³/mol. The number of hydrogen-bond acceptors (Lipinski definition) is 23. The van der Waals surface area contributed by atoms with E-state index in [1.807, 2.05) is 0 Å². The molecule has 5 heterocycles. The number of nitrogens with one attached hydrogen (secondary N) is 5. The van der Waals surface area contributed by atoms with Crippen LogP contribution in [0.1, 0.15) is 82.2 Å². The number of H-pyrrole nitrogens is 1. The zero-order valence-corrected chi connectivity index (χ0v) is 53.1. The van der Waals surface area contributed by atoms with Gasteiger partial charge < -0.3 is 53.4 Å². The summed E-state index contributed by atoms with van der Waals surface area (Å²) in [4.78, 5) is 125. The summed E-state index contributed by atoms with van der Waals surface area (Å²) >= 11 is 8.23. The van der Waals surface area contributed by atoms with Gasteiger partial charge in [-0.2, -0.15) is 4.98 Å². The van der Waals surface area contributed by atoms with Crippen LogP contribution < -0.4 is 31.6 Å². The van der Waals surface area contributed by atoms with Gasteiger partial charge in [-0.3, -0.25) is 62.4 Å². The molecule has 3 aromatic heterocycles. The monoisotopic (exact) mass is 1320 g/mol. The minimum atomic E-state index is -4.36. The number of nitrogens with zero attached hydrogens (tertiary/aromatic N) is 7. The quantitative estimate of drug-likeness (QED) is 0.0100. The first kappa shape index (κ1) is 68.5. The number of aliphatic hydroxyl groups excluding tert-OH is 1. The number of hydrogen-bond donors (Lipinski definition) is 8. The molecule has 484 valence electrons. The van der Waals surface area contributed by atoms with Crippen molar-refractivity contribution in [3.63, 3.8) is 0 Å². The highest BCUT2D eigenvalue weighted by atomic mass is 32.7. The van der Waals surface area contributed by atoms with E-state index in [1.54, 1.807) is 68.4 Å². The Kier molecular flexibility index (Phi) is 24.4. The van der Waals surface area contributed by atoms with Crippen molar-refractivity contribution < 1.29 is 79.8 Å². The van der Waals surface area contributed by atoms with Gasteiger partial charge in [-0.15, -0.1) is 0 Å². The normalized spacial score (nSPS) is 21.2. The van der Waals surface area contributed by atoms with Crippen LogP contribution in [0.5, 0.6) is 5.88 Å². The van der Waals surface area contributed by atoms with Crippen LogP contribution >= 0.6 is 40.6 Å². The molecule has 30 nitrogen and oxygen atoms in total. The Labute approximate surface area is 527 Å². The first-order chi connectivity index (χ1) is 43.1. The smallest absolute Gasteiger partial charge is 0.410 e. The lowest BCUT2D eigenvalue weighted by molar-refractivity contribution is -0.137. The van der Waals surface area contributed by atoms with Crippen LogP contribution in [-0.2, 0) is 84.7 Å². The number of imidazole rings is 1. The number of rotatable bonds is 31. The molecule has 0 spiro atoms. The van der Waals surface area contributed by atoms with Crippen LogP contribution in [0.25, 0.3) is 11.2 Å². The number of imide groups is 1. The SMILES string of the molecule is CC(C)[C@H](NC(=O)CCCCCN1C(=O)C=CC1=O)C(=O)N[C@@H](C)C(=O)Nc1ccc(COC(=O)N(C)Cc2ccccc2CC(=O)Nc2nc3c(ncn3[C@@H]3O[C@H](CO[PH2]=O)[C@@H](O)[C@H]3OP(=O)(S)OCC3C[C@@H](Oc4ccncn4)C[C@@H]3OS)c(=O)[nH]2)cc1. The third-order valence-electron chi connectivity index (χ3n) is 14.9. The van der Waals surface area contributed by atoms with Crippen molar-refractivity contribution in [3.05, 3.63) is 113 Å². The van der Waals surface area contributed by atoms with Crippen molar-refractivity contribution in [2.24, 2.45) is 11.8 Å². The summed E-state index contributed by atoms with van der Waals surface area (Å²) in [5.74, 6) is -3.39. The molecule has 2 aliphatic heterocycles. The highest BCUT2D eigenvalue weighted by Crippen LogP contribution is 2.57. The standard InChI is InChI=1S/C56H70N12O18P2S2/c1-31(2)46(62-41(69)12-6-5-9-21-67-44(71)17-18-45(67)72)52(75)60-32(3)51(74)61-37-15-13-33(14-16-37)26-80-56(77)66(4)25-35-11-8-7-10-34(35)23-42(70)63-55-64-50-47(53(76)65-55)59-30-68(50)54-49(48(73)40(84-54)28-81-87-78)85-88(79,90)82-27-36-22-38(24-39(36)86-89)83-43-19-20-57-29-58-43/h7-8,10-11,13-20,29-32,36,38-40,46,48-49,54,73,89H,5-6,9,12,21-28,87H2,1-4H3,(H,60,75)(H,61,74)(H,62,69)(H,79,90)(H2,63,64,65,70,76)/t32-,36?,38+,39-,40+,46-,48+,49+,54+,88?/m0/s1. The maximum absolute atomic E-state index is 13.9. The Bertz CT molecular complexity index is 3510. The Morgan fingerprint density at radius 1 is 0.922 bits per heavy atom. The molecule has 2 aromatic carbocycles. The second kappa shape index (κ2) is 32.1. The van der Waals surface area contributed by atoms with Crippen molar-refractivity contribution in [3.8, 4) is 5.88 Å². The maximum atomic E-state index is 13.9. The number of aromatic nitrogens is 6. The number of carbonyl (C=O) groups is 7. The highest BCUT2D eigenvalue weighted by molar-refractivity contribution is 8.44. The Morgan fingerprint density at radius 2 is 1.67 bits per heavy atom. The van der Waals surface area contributed by atoms with E-state index in [-0.39, 0.29) is 98.5 Å². The molecule has 11 atom stereocenters. The van der Waals surface area contributed by atoms with E-state index in [0.29, 0.717) is 60.4 Å². The zero-order chi connectivity index (χ0) is 64.6. The molecule has 1 aliphatic carbocycles. The van der Waals surface area contributed by atoms with E-state index >= 15 is 0 Å². The molecule has 34 heteroatoms. The van der Waals surface area contributed by atoms with Gasteiger partial charge in [0.2, 0.25) is 35.5 Å². The molecule has 7 amide bonds. The number of aromatic amines is 1. The summed E-state index contributed by atoms with van der Waals surface area (Å²) in [6, 6.07) is 13.0. The molecule has 3 unspecified atom stereocenters. The number of aliphatic hydroxyl groups is 1. The molecule has 0 radical (unpaired) electrons. The topological polar surface area (TPSA) is 382 Å². The van der Waals surface area contributed by atoms with E-state index in [2.05, 4.69) is 71.3 Å². The molecule has 1 saturated carbocycles. The van der Waals surface area contributed by atoms with E-state index in [9.17, 15) is 52.6 Å². The number of carbonyl (C=O) groups excluding carboxylic acids is 7. The van der Waals surface area contributed by atoms with Crippen LogP contribution in [0.2, 0.25) is 0 Å². The van der Waals surface area contributed by atoms with Gasteiger partial charge in [0.1, 0.15) is 49.4 Å². The molecule has 3 aliphatic rings. The van der Waals surface area contributed by atoms with Gasteiger partial charge in [0.05, 0.1) is 32.1 Å². The Balaban J connectivity index is 0.807. The molecular formula is C56H70N12O18P2S2. The third-order valence-corrected chi connectivity index (χ3v) is 17.1. The Morgan fingerprint density at radius 3 is 2.37 bits per heavy atom. The van der Waals surface area contributed by atoms with Gasteiger partial charge in [0, 0.05) is 69.0 Å². The molecule has 5 aromatic rings. The minimum absolute atomic E-state index is 0.0218. The minimum Gasteiger partial charge on any atom is -0.474 e. The van der Waals surface area contributed by atoms with Gasteiger partial charge in [0.25, 0.3) is 17.4 Å². The summed E-state index contributed by atoms with van der Waals surface area (Å²) in [6.07, 6.45) is 1.51. The van der Waals surface area contributed by atoms with Gasteiger partial charge >= 0.3 is 12.9 Å². The fourth-order valence-electron chi connectivity index (χ4n) is 10.1. The molecule has 8 rings (SSSR count). The van der Waals surface area contributed by atoms with Crippen molar-refractivity contribution in [1.29, 1.82) is 0 Å². The lowest BCUT2D eigenvalue weighted by Crippen LogP contribution is -2.53. The number of anilines is 2. The molecule has 6 N–H and O–H groups in total. The van der Waals surface area contributed by atoms with Gasteiger partial charge in [-0.1, -0.05) is 68.9 Å². The van der Waals surface area contributed by atoms with Crippen molar-refractivity contribution in [2.75, 3.05) is 37.4 Å². The van der Waals surface area contributed by atoms with Crippen molar-refractivity contribution in [2.45, 2.75) is 128 Å². The van der Waals surface area contributed by atoms with Crippen molar-refractivity contribution >= 4 is 105 Å². The molecule has 90 heavy (non-hydrogen) atoms. The van der Waals surface area contributed by atoms with Crippen LogP contribution in [0.15, 0.2) is 90.4 Å². The van der Waals surface area contributed by atoms with Crippen molar-refractivity contribution in [1.82, 2.24) is 49.9 Å². The lowest BCUT2D eigenvalue weighted by Gasteiger charge is -2.26. The molecule has 1 saturated heterocycles. The van der Waals surface area contributed by atoms with Crippen LogP contribution in [0, 0.1) is 11.8 Å². The Hall–Kier alpha value is -7.38.